The third-order valence-electron chi connectivity index (χ3n) is 4.99. The molecule has 0 spiro atoms. The average molecular weight is 402 g/mol. The molecular formula is C23H23N5S. The van der Waals surface area contributed by atoms with E-state index in [0.29, 0.717) is 11.4 Å². The Morgan fingerprint density at radius 3 is 2.10 bits per heavy atom. The van der Waals surface area contributed by atoms with Crippen LogP contribution in [0, 0.1) is 4.77 Å². The summed E-state index contributed by atoms with van der Waals surface area (Å²) < 4.78 is 4.48. The van der Waals surface area contributed by atoms with Gasteiger partial charge in [0.2, 0.25) is 0 Å². The van der Waals surface area contributed by atoms with Crippen molar-refractivity contribution in [3.63, 3.8) is 0 Å². The average Bonchev–Trinajstić information content (AvgIpc) is 3.04. The van der Waals surface area contributed by atoms with Gasteiger partial charge in [-0.05, 0) is 42.5 Å². The van der Waals surface area contributed by atoms with Crippen LogP contribution in [0.5, 0.6) is 0 Å². The zero-order valence-electron chi connectivity index (χ0n) is 16.5. The van der Waals surface area contributed by atoms with E-state index < -0.39 is 0 Å². The van der Waals surface area contributed by atoms with Crippen LogP contribution in [-0.2, 0) is 13.7 Å². The second-order valence-corrected chi connectivity index (χ2v) is 7.39. The maximum Gasteiger partial charge on any atom is 0.199 e. The standard InChI is InChI=1S/C23H23N5S/c1-26(21(18-10-5-3-6-11-18)19-12-7-4-8-13-19)17-28-23(29)27(2)22(25-28)20-14-9-15-24-16-20/h3-16,21H,17H2,1-2H3. The van der Waals surface area contributed by atoms with Crippen molar-refractivity contribution in [2.24, 2.45) is 7.05 Å². The molecule has 4 aromatic rings. The number of benzene rings is 2. The summed E-state index contributed by atoms with van der Waals surface area (Å²) in [6.45, 7) is 0.571. The summed E-state index contributed by atoms with van der Waals surface area (Å²) in [5.41, 5.74) is 3.41. The van der Waals surface area contributed by atoms with Crippen molar-refractivity contribution in [3.05, 3.63) is 101 Å². The van der Waals surface area contributed by atoms with Crippen LogP contribution in [0.2, 0.25) is 0 Å². The van der Waals surface area contributed by atoms with Crippen LogP contribution in [-0.4, -0.2) is 31.3 Å². The lowest BCUT2D eigenvalue weighted by molar-refractivity contribution is 0.208. The lowest BCUT2D eigenvalue weighted by atomic mass is 9.98. The summed E-state index contributed by atoms with van der Waals surface area (Å²) in [6.07, 6.45) is 3.56. The third kappa shape index (κ3) is 4.04. The van der Waals surface area contributed by atoms with Crippen molar-refractivity contribution >= 4 is 12.2 Å². The molecule has 0 aliphatic heterocycles. The predicted molar refractivity (Wildman–Crippen MR) is 118 cm³/mol. The maximum atomic E-state index is 5.67. The molecule has 5 nitrogen and oxygen atoms in total. The number of hydrogen-bond acceptors (Lipinski definition) is 4. The van der Waals surface area contributed by atoms with Crippen molar-refractivity contribution < 1.29 is 0 Å². The molecule has 2 aromatic heterocycles. The Kier molecular flexibility index (Phi) is 5.64. The van der Waals surface area contributed by atoms with Crippen LogP contribution in [0.1, 0.15) is 17.2 Å². The lowest BCUT2D eigenvalue weighted by Gasteiger charge is -2.28. The van der Waals surface area contributed by atoms with E-state index in [1.165, 1.54) is 11.1 Å². The van der Waals surface area contributed by atoms with Gasteiger partial charge in [0.15, 0.2) is 10.6 Å². The lowest BCUT2D eigenvalue weighted by Crippen LogP contribution is -2.28. The molecule has 4 rings (SSSR count). The van der Waals surface area contributed by atoms with Crippen molar-refractivity contribution in [1.82, 2.24) is 24.2 Å². The fourth-order valence-electron chi connectivity index (χ4n) is 3.59. The Morgan fingerprint density at radius 2 is 1.55 bits per heavy atom. The Bertz CT molecular complexity index is 1080. The molecule has 2 aromatic carbocycles. The molecule has 0 aliphatic rings. The monoisotopic (exact) mass is 401 g/mol. The highest BCUT2D eigenvalue weighted by molar-refractivity contribution is 7.71. The van der Waals surface area contributed by atoms with Gasteiger partial charge < -0.3 is 4.57 Å². The first-order valence-corrected chi connectivity index (χ1v) is 9.90. The molecule has 0 bridgehead atoms. The topological polar surface area (TPSA) is 38.9 Å². The largest absolute Gasteiger partial charge is 0.303 e. The molecule has 0 radical (unpaired) electrons. The van der Waals surface area contributed by atoms with E-state index in [4.69, 9.17) is 17.3 Å². The molecule has 0 saturated heterocycles. The van der Waals surface area contributed by atoms with E-state index in [1.54, 1.807) is 6.20 Å². The predicted octanol–water partition coefficient (Wildman–Crippen LogP) is 4.69. The molecule has 2 heterocycles. The fraction of sp³-hybridized carbons (Fsp3) is 0.174. The first-order chi connectivity index (χ1) is 14.1. The number of pyridine rings is 1. The van der Waals surface area contributed by atoms with E-state index >= 15 is 0 Å². The molecule has 0 unspecified atom stereocenters. The minimum atomic E-state index is 0.100. The third-order valence-corrected chi connectivity index (χ3v) is 5.47. The van der Waals surface area contributed by atoms with Gasteiger partial charge in [0, 0.05) is 25.0 Å². The normalized spacial score (nSPS) is 11.3. The second-order valence-electron chi connectivity index (χ2n) is 7.03. The van der Waals surface area contributed by atoms with Crippen molar-refractivity contribution in [2.45, 2.75) is 12.7 Å². The Hall–Kier alpha value is -3.09. The molecule has 0 atom stereocenters. The van der Waals surface area contributed by atoms with Gasteiger partial charge >= 0.3 is 0 Å². The Balaban J connectivity index is 1.69. The van der Waals surface area contributed by atoms with Crippen molar-refractivity contribution in [1.29, 1.82) is 0 Å². The van der Waals surface area contributed by atoms with E-state index in [1.807, 2.05) is 46.8 Å². The Labute approximate surface area is 175 Å². The van der Waals surface area contributed by atoms with Gasteiger partial charge in [-0.1, -0.05) is 60.7 Å². The van der Waals surface area contributed by atoms with Gasteiger partial charge in [0.25, 0.3) is 0 Å². The van der Waals surface area contributed by atoms with E-state index in [9.17, 15) is 0 Å². The number of rotatable bonds is 6. The quantitative estimate of drug-likeness (QED) is 0.439. The highest BCUT2D eigenvalue weighted by Crippen LogP contribution is 2.28. The zero-order valence-corrected chi connectivity index (χ0v) is 17.3. The zero-order chi connectivity index (χ0) is 20.2. The molecule has 0 saturated carbocycles. The van der Waals surface area contributed by atoms with Gasteiger partial charge in [-0.2, -0.15) is 5.10 Å². The number of aromatic nitrogens is 4. The molecule has 6 heteroatoms. The number of nitrogens with zero attached hydrogens (tertiary/aromatic N) is 5. The molecule has 0 N–H and O–H groups in total. The molecule has 146 valence electrons. The summed E-state index contributed by atoms with van der Waals surface area (Å²) in [4.78, 5) is 6.47. The van der Waals surface area contributed by atoms with Crippen molar-refractivity contribution in [2.75, 3.05) is 7.05 Å². The van der Waals surface area contributed by atoms with Crippen LogP contribution >= 0.6 is 12.2 Å². The molecule has 0 amide bonds. The summed E-state index contributed by atoms with van der Waals surface area (Å²) in [7, 11) is 4.05. The van der Waals surface area contributed by atoms with Crippen LogP contribution in [0.25, 0.3) is 11.4 Å². The first-order valence-electron chi connectivity index (χ1n) is 9.49. The van der Waals surface area contributed by atoms with Crippen molar-refractivity contribution in [3.8, 4) is 11.4 Å². The maximum absolute atomic E-state index is 5.67. The summed E-state index contributed by atoms with van der Waals surface area (Å²) in [5, 5.41) is 4.78. The highest BCUT2D eigenvalue weighted by atomic mass is 32.1. The van der Waals surface area contributed by atoms with Crippen LogP contribution in [0.15, 0.2) is 85.2 Å². The van der Waals surface area contributed by atoms with Crippen LogP contribution in [0.4, 0.5) is 0 Å². The van der Waals surface area contributed by atoms with Crippen LogP contribution in [0.3, 0.4) is 0 Å². The van der Waals surface area contributed by atoms with E-state index in [0.717, 1.165) is 11.4 Å². The summed E-state index contributed by atoms with van der Waals surface area (Å²) >= 11 is 5.67. The SMILES string of the molecule is CN(Cn1nc(-c2cccnc2)n(C)c1=S)C(c1ccccc1)c1ccccc1. The summed E-state index contributed by atoms with van der Waals surface area (Å²) in [5.74, 6) is 0.812. The van der Waals surface area contributed by atoms with Gasteiger partial charge in [-0.3, -0.25) is 9.88 Å². The smallest absolute Gasteiger partial charge is 0.199 e. The first kappa shape index (κ1) is 19.2. The van der Waals surface area contributed by atoms with Gasteiger partial charge in [-0.15, -0.1) is 0 Å². The highest BCUT2D eigenvalue weighted by Gasteiger charge is 2.21. The molecular weight excluding hydrogens is 378 g/mol. The molecule has 0 fully saturated rings. The minimum absolute atomic E-state index is 0.100. The van der Waals surface area contributed by atoms with E-state index in [2.05, 4.69) is 65.5 Å². The Morgan fingerprint density at radius 1 is 0.931 bits per heavy atom. The minimum Gasteiger partial charge on any atom is -0.303 e. The number of hydrogen-bond donors (Lipinski definition) is 0. The molecule has 29 heavy (non-hydrogen) atoms. The van der Waals surface area contributed by atoms with Crippen LogP contribution < -0.4 is 0 Å². The second kappa shape index (κ2) is 8.51. The molecule has 0 aliphatic carbocycles. The van der Waals surface area contributed by atoms with Gasteiger partial charge in [-0.25, -0.2) is 4.68 Å². The van der Waals surface area contributed by atoms with Gasteiger partial charge in [0.1, 0.15) is 0 Å². The fourth-order valence-corrected chi connectivity index (χ4v) is 3.78. The summed E-state index contributed by atoms with van der Waals surface area (Å²) in [6, 6.07) is 25.0. The van der Waals surface area contributed by atoms with Gasteiger partial charge in [0.05, 0.1) is 12.7 Å². The van der Waals surface area contributed by atoms with E-state index in [-0.39, 0.29) is 6.04 Å².